The van der Waals surface area contributed by atoms with Crippen LogP contribution in [0.15, 0.2) is 4.79 Å². The molecule has 2 rings (SSSR count). The molecule has 1 radical (unpaired) electrons. The summed E-state index contributed by atoms with van der Waals surface area (Å²) in [6.07, 6.45) is 1.98. The predicted octanol–water partition coefficient (Wildman–Crippen LogP) is -0.283. The second kappa shape index (κ2) is 4.37. The van der Waals surface area contributed by atoms with Gasteiger partial charge in [-0.15, -0.1) is 0 Å². The first-order valence-electron chi connectivity index (χ1n) is 5.76. The summed E-state index contributed by atoms with van der Waals surface area (Å²) in [5.74, 6) is 0.668. The van der Waals surface area contributed by atoms with Crippen molar-refractivity contribution in [3.63, 3.8) is 0 Å². The van der Waals surface area contributed by atoms with Gasteiger partial charge in [0.2, 0.25) is 5.95 Å². The average Bonchev–Trinajstić information content (AvgIpc) is 2.29. The van der Waals surface area contributed by atoms with Crippen molar-refractivity contribution in [2.45, 2.75) is 19.8 Å². The number of anilines is 2. The van der Waals surface area contributed by atoms with E-state index in [-0.39, 0.29) is 16.8 Å². The number of aromatic nitrogens is 2. The van der Waals surface area contributed by atoms with Crippen LogP contribution in [0.5, 0.6) is 0 Å². The second-order valence-electron chi connectivity index (χ2n) is 4.90. The maximum Gasteiger partial charge on any atom is 0.262 e. The molecule has 17 heavy (non-hydrogen) atoms. The van der Waals surface area contributed by atoms with Crippen molar-refractivity contribution in [2.75, 3.05) is 30.3 Å². The van der Waals surface area contributed by atoms with Crippen LogP contribution in [-0.2, 0) is 0 Å². The molecule has 6 heteroatoms. The lowest BCUT2D eigenvalue weighted by molar-refractivity contribution is 0.257. The van der Waals surface area contributed by atoms with Crippen LogP contribution in [-0.4, -0.2) is 29.6 Å². The Morgan fingerprint density at radius 2 is 2.18 bits per heavy atom. The number of nitrogens with zero attached hydrogens (tertiary/aromatic N) is 2. The van der Waals surface area contributed by atoms with Gasteiger partial charge in [0.25, 0.3) is 5.56 Å². The highest BCUT2D eigenvalue weighted by atomic mass is 16.1. The Balaban J connectivity index is 2.13. The maximum atomic E-state index is 11.3. The monoisotopic (exact) mass is 236 g/mol. The largest absolute Gasteiger partial charge is 0.383 e. The number of aromatic amines is 1. The molecule has 0 unspecified atom stereocenters. The van der Waals surface area contributed by atoms with Crippen molar-refractivity contribution in [1.29, 1.82) is 0 Å². The van der Waals surface area contributed by atoms with Gasteiger partial charge in [0.1, 0.15) is 5.82 Å². The summed E-state index contributed by atoms with van der Waals surface area (Å²) in [6, 6.07) is 2.39. The van der Waals surface area contributed by atoms with Gasteiger partial charge < -0.3 is 16.4 Å². The molecule has 0 amide bonds. The van der Waals surface area contributed by atoms with Crippen LogP contribution < -0.4 is 21.9 Å². The Bertz CT molecular complexity index is 447. The Morgan fingerprint density at radius 3 is 2.71 bits per heavy atom. The molecule has 0 atom stereocenters. The number of piperidine rings is 1. The van der Waals surface area contributed by atoms with E-state index in [2.05, 4.69) is 23.0 Å². The van der Waals surface area contributed by atoms with Crippen molar-refractivity contribution >= 4 is 11.8 Å². The Kier molecular flexibility index (Phi) is 3.06. The molecule has 1 aromatic rings. The smallest absolute Gasteiger partial charge is 0.262 e. The fourth-order valence-corrected chi connectivity index (χ4v) is 2.03. The number of rotatable bonds is 2. The summed E-state index contributed by atoms with van der Waals surface area (Å²) < 4.78 is 0. The third kappa shape index (κ3) is 2.58. The van der Waals surface area contributed by atoms with Gasteiger partial charge in [-0.05, 0) is 24.8 Å². The van der Waals surface area contributed by atoms with Crippen molar-refractivity contribution in [2.24, 2.45) is 11.1 Å². The summed E-state index contributed by atoms with van der Waals surface area (Å²) in [7, 11) is 0. The predicted molar refractivity (Wildman–Crippen MR) is 66.7 cm³/mol. The molecule has 0 bridgehead atoms. The number of nitrogens with two attached hydrogens (primary N) is 2. The molecular weight excluding hydrogens is 218 g/mol. The summed E-state index contributed by atoms with van der Waals surface area (Å²) in [6.45, 7) is 4.54. The summed E-state index contributed by atoms with van der Waals surface area (Å²) in [5.41, 5.74) is 11.1. The van der Waals surface area contributed by atoms with Gasteiger partial charge >= 0.3 is 0 Å². The molecular formula is C11H18N5O. The molecule has 1 fully saturated rings. The van der Waals surface area contributed by atoms with E-state index in [0.717, 1.165) is 25.9 Å². The molecule has 1 aromatic heterocycles. The quantitative estimate of drug-likeness (QED) is 0.655. The minimum absolute atomic E-state index is 0.135. The minimum Gasteiger partial charge on any atom is -0.383 e. The van der Waals surface area contributed by atoms with Crippen molar-refractivity contribution < 1.29 is 0 Å². The SMILES string of the molecule is CC1(CN)CCN(c2nc(N)[c]c(=O)[nH]2)CC1. The summed E-state index contributed by atoms with van der Waals surface area (Å²) >= 11 is 0. The molecule has 1 aliphatic rings. The van der Waals surface area contributed by atoms with Gasteiger partial charge in [-0.1, -0.05) is 6.92 Å². The molecule has 0 saturated carbocycles. The van der Waals surface area contributed by atoms with E-state index in [0.29, 0.717) is 12.5 Å². The third-order valence-electron chi connectivity index (χ3n) is 3.46. The highest BCUT2D eigenvalue weighted by Gasteiger charge is 2.29. The number of H-pyrrole nitrogens is 1. The Labute approximate surface area is 100 Å². The Hall–Kier alpha value is -1.56. The molecule has 1 aliphatic heterocycles. The van der Waals surface area contributed by atoms with Crippen molar-refractivity contribution in [3.8, 4) is 0 Å². The zero-order valence-corrected chi connectivity index (χ0v) is 9.99. The lowest BCUT2D eigenvalue weighted by atomic mass is 9.81. The molecule has 6 nitrogen and oxygen atoms in total. The van der Waals surface area contributed by atoms with E-state index in [4.69, 9.17) is 11.5 Å². The summed E-state index contributed by atoms with van der Waals surface area (Å²) in [4.78, 5) is 20.0. The third-order valence-corrected chi connectivity index (χ3v) is 3.46. The molecule has 0 aromatic carbocycles. The molecule has 0 spiro atoms. The fourth-order valence-electron chi connectivity index (χ4n) is 2.03. The first-order chi connectivity index (χ1) is 8.02. The number of hydrogen-bond acceptors (Lipinski definition) is 5. The Morgan fingerprint density at radius 1 is 1.53 bits per heavy atom. The van der Waals surface area contributed by atoms with E-state index in [9.17, 15) is 4.79 Å². The first-order valence-corrected chi connectivity index (χ1v) is 5.76. The number of hydrogen-bond donors (Lipinski definition) is 3. The zero-order valence-electron chi connectivity index (χ0n) is 9.99. The van der Waals surface area contributed by atoms with E-state index >= 15 is 0 Å². The van der Waals surface area contributed by atoms with Crippen LogP contribution in [0, 0.1) is 11.5 Å². The molecule has 0 aliphatic carbocycles. The van der Waals surface area contributed by atoms with Gasteiger partial charge in [-0.25, -0.2) is 0 Å². The number of nitrogens with one attached hydrogen (secondary N) is 1. The molecule has 2 heterocycles. The van der Waals surface area contributed by atoms with Crippen LogP contribution in [0.4, 0.5) is 11.8 Å². The maximum absolute atomic E-state index is 11.3. The van der Waals surface area contributed by atoms with Crippen LogP contribution in [0.1, 0.15) is 19.8 Å². The van der Waals surface area contributed by atoms with Crippen LogP contribution in [0.3, 0.4) is 0 Å². The number of nitrogen functional groups attached to an aromatic ring is 1. The van der Waals surface area contributed by atoms with Crippen molar-refractivity contribution in [3.05, 3.63) is 16.4 Å². The van der Waals surface area contributed by atoms with Crippen molar-refractivity contribution in [1.82, 2.24) is 9.97 Å². The standard InChI is InChI=1S/C11H18N5O/c1-11(7-12)2-4-16(5-3-11)10-14-8(13)6-9(17)15-10/h2-5,7,12H2,1H3,(H3,13,14,15,17). The normalized spacial score (nSPS) is 19.3. The lowest BCUT2D eigenvalue weighted by Gasteiger charge is -2.38. The average molecular weight is 236 g/mol. The van der Waals surface area contributed by atoms with E-state index in [1.807, 2.05) is 4.90 Å². The van der Waals surface area contributed by atoms with Crippen LogP contribution in [0.25, 0.3) is 0 Å². The van der Waals surface area contributed by atoms with Gasteiger partial charge in [-0.3, -0.25) is 9.78 Å². The zero-order chi connectivity index (χ0) is 12.5. The van der Waals surface area contributed by atoms with E-state index in [1.165, 1.54) is 0 Å². The summed E-state index contributed by atoms with van der Waals surface area (Å²) in [5, 5.41) is 0. The molecule has 93 valence electrons. The van der Waals surface area contributed by atoms with Gasteiger partial charge in [0, 0.05) is 13.1 Å². The van der Waals surface area contributed by atoms with Crippen LogP contribution in [0.2, 0.25) is 0 Å². The van der Waals surface area contributed by atoms with Gasteiger partial charge in [-0.2, -0.15) is 4.98 Å². The minimum atomic E-state index is -0.334. The topological polar surface area (TPSA) is 101 Å². The fraction of sp³-hybridized carbons (Fsp3) is 0.636. The van der Waals surface area contributed by atoms with E-state index < -0.39 is 0 Å². The van der Waals surface area contributed by atoms with E-state index in [1.54, 1.807) is 0 Å². The van der Waals surface area contributed by atoms with Gasteiger partial charge in [0.15, 0.2) is 0 Å². The highest BCUT2D eigenvalue weighted by molar-refractivity contribution is 5.37. The van der Waals surface area contributed by atoms with Crippen LogP contribution >= 0.6 is 0 Å². The highest BCUT2D eigenvalue weighted by Crippen LogP contribution is 2.30. The molecule has 1 saturated heterocycles. The molecule has 5 N–H and O–H groups in total. The van der Waals surface area contributed by atoms with Gasteiger partial charge in [0.05, 0.1) is 6.07 Å². The first kappa shape index (κ1) is 11.9. The lowest BCUT2D eigenvalue weighted by Crippen LogP contribution is -2.43. The second-order valence-corrected chi connectivity index (χ2v) is 4.90.